The van der Waals surface area contributed by atoms with Crippen molar-refractivity contribution in [3.63, 3.8) is 0 Å². The molecule has 1 aromatic carbocycles. The number of hydrogen-bond acceptors (Lipinski definition) is 3. The Balaban J connectivity index is 2.01. The van der Waals surface area contributed by atoms with Crippen LogP contribution in [-0.2, 0) is 4.79 Å². The molecule has 1 saturated carbocycles. The second kappa shape index (κ2) is 5.90. The Morgan fingerprint density at radius 2 is 2.15 bits per heavy atom. The van der Waals surface area contributed by atoms with Crippen molar-refractivity contribution in [3.05, 3.63) is 29.6 Å². The van der Waals surface area contributed by atoms with Gasteiger partial charge in [-0.05, 0) is 31.4 Å². The van der Waals surface area contributed by atoms with Crippen LogP contribution in [-0.4, -0.2) is 30.1 Å². The molecule has 0 spiro atoms. The van der Waals surface area contributed by atoms with E-state index in [1.807, 2.05) is 0 Å². The fourth-order valence-corrected chi connectivity index (χ4v) is 2.41. The lowest BCUT2D eigenvalue weighted by Gasteiger charge is -2.13. The summed E-state index contributed by atoms with van der Waals surface area (Å²) < 4.78 is 18.6. The van der Waals surface area contributed by atoms with Crippen molar-refractivity contribution in [2.24, 2.45) is 5.92 Å². The van der Waals surface area contributed by atoms with E-state index in [0.29, 0.717) is 25.0 Å². The maximum atomic E-state index is 13.7. The Morgan fingerprint density at radius 1 is 1.40 bits per heavy atom. The molecule has 2 atom stereocenters. The molecule has 1 fully saturated rings. The fraction of sp³-hybridized carbons (Fsp3) is 0.429. The Kier molecular flexibility index (Phi) is 4.22. The molecule has 5 nitrogen and oxygen atoms in total. The first-order chi connectivity index (χ1) is 9.51. The van der Waals surface area contributed by atoms with E-state index in [-0.39, 0.29) is 11.6 Å². The van der Waals surface area contributed by atoms with Gasteiger partial charge in [0.15, 0.2) is 0 Å². The molecule has 0 radical (unpaired) electrons. The molecule has 2 unspecified atom stereocenters. The molecule has 1 aromatic rings. The van der Waals surface area contributed by atoms with E-state index < -0.39 is 23.6 Å². The van der Waals surface area contributed by atoms with E-state index in [0.717, 1.165) is 6.07 Å². The van der Waals surface area contributed by atoms with Crippen LogP contribution in [0.3, 0.4) is 0 Å². The third-order valence-corrected chi connectivity index (χ3v) is 3.54. The van der Waals surface area contributed by atoms with Crippen LogP contribution in [0.25, 0.3) is 0 Å². The lowest BCUT2D eigenvalue weighted by Crippen LogP contribution is -2.33. The number of benzene rings is 1. The van der Waals surface area contributed by atoms with Crippen molar-refractivity contribution in [2.75, 3.05) is 7.11 Å². The Hall–Kier alpha value is -2.11. The van der Waals surface area contributed by atoms with Crippen LogP contribution in [0.15, 0.2) is 18.2 Å². The maximum absolute atomic E-state index is 13.7. The second-order valence-electron chi connectivity index (χ2n) is 4.86. The molecule has 1 aliphatic carbocycles. The van der Waals surface area contributed by atoms with E-state index in [9.17, 15) is 14.0 Å². The smallest absolute Gasteiger partial charge is 0.306 e. The van der Waals surface area contributed by atoms with Gasteiger partial charge in [0.2, 0.25) is 0 Å². The van der Waals surface area contributed by atoms with Crippen molar-refractivity contribution in [1.82, 2.24) is 5.32 Å². The lowest BCUT2D eigenvalue weighted by molar-refractivity contribution is -0.141. The summed E-state index contributed by atoms with van der Waals surface area (Å²) in [5.74, 6) is -2.12. The first kappa shape index (κ1) is 14.3. The number of carboxylic acids is 1. The highest BCUT2D eigenvalue weighted by atomic mass is 19.1. The van der Waals surface area contributed by atoms with E-state index >= 15 is 0 Å². The van der Waals surface area contributed by atoms with Crippen molar-refractivity contribution < 1.29 is 23.8 Å². The molecule has 1 aliphatic rings. The average Bonchev–Trinajstić information content (AvgIpc) is 2.87. The number of methoxy groups -OCH3 is 1. The van der Waals surface area contributed by atoms with Crippen LogP contribution < -0.4 is 10.1 Å². The summed E-state index contributed by atoms with van der Waals surface area (Å²) in [5, 5.41) is 11.6. The zero-order chi connectivity index (χ0) is 14.7. The minimum atomic E-state index is -0.850. The third-order valence-electron chi connectivity index (χ3n) is 3.54. The minimum absolute atomic E-state index is 0.0652. The molecule has 108 valence electrons. The van der Waals surface area contributed by atoms with E-state index in [1.165, 1.54) is 19.2 Å². The van der Waals surface area contributed by atoms with Gasteiger partial charge in [-0.1, -0.05) is 0 Å². The summed E-state index contributed by atoms with van der Waals surface area (Å²) in [4.78, 5) is 22.8. The number of carbonyl (C=O) groups is 2. The van der Waals surface area contributed by atoms with E-state index in [1.54, 1.807) is 0 Å². The molecule has 2 N–H and O–H groups in total. The SMILES string of the molecule is COc1ccc(C(=O)NC2CCC(C(=O)O)C2)c(F)c1. The number of amides is 1. The lowest BCUT2D eigenvalue weighted by atomic mass is 10.1. The second-order valence-corrected chi connectivity index (χ2v) is 4.86. The molecule has 0 aliphatic heterocycles. The molecule has 0 heterocycles. The summed E-state index contributed by atoms with van der Waals surface area (Å²) >= 11 is 0. The minimum Gasteiger partial charge on any atom is -0.497 e. The Bertz CT molecular complexity index is 532. The number of halogens is 1. The van der Waals surface area contributed by atoms with Gasteiger partial charge in [0, 0.05) is 12.1 Å². The highest BCUT2D eigenvalue weighted by Gasteiger charge is 2.31. The molecular formula is C14H16FNO4. The summed E-state index contributed by atoms with van der Waals surface area (Å²) in [7, 11) is 1.42. The number of nitrogens with one attached hydrogen (secondary N) is 1. The first-order valence-corrected chi connectivity index (χ1v) is 6.38. The van der Waals surface area contributed by atoms with Crippen molar-refractivity contribution in [3.8, 4) is 5.75 Å². The van der Waals surface area contributed by atoms with Gasteiger partial charge >= 0.3 is 5.97 Å². The Labute approximate surface area is 115 Å². The molecule has 2 rings (SSSR count). The van der Waals surface area contributed by atoms with E-state index in [4.69, 9.17) is 9.84 Å². The monoisotopic (exact) mass is 281 g/mol. The number of aliphatic carboxylic acids is 1. The summed E-state index contributed by atoms with van der Waals surface area (Å²) in [6.45, 7) is 0. The summed E-state index contributed by atoms with van der Waals surface area (Å²) in [5.41, 5.74) is -0.0652. The standard InChI is InChI=1S/C14H16FNO4/c1-20-10-4-5-11(12(15)7-10)13(17)16-9-3-2-8(6-9)14(18)19/h4-5,7-9H,2-3,6H2,1H3,(H,16,17)(H,18,19). The van der Waals surface area contributed by atoms with E-state index in [2.05, 4.69) is 5.32 Å². The fourth-order valence-electron chi connectivity index (χ4n) is 2.41. The number of ether oxygens (including phenoxy) is 1. The number of carboxylic acid groups (broad SMARTS) is 1. The largest absolute Gasteiger partial charge is 0.497 e. The normalized spacial score (nSPS) is 21.5. The van der Waals surface area contributed by atoms with Crippen LogP contribution >= 0.6 is 0 Å². The maximum Gasteiger partial charge on any atom is 0.306 e. The van der Waals surface area contributed by atoms with Gasteiger partial charge in [-0.3, -0.25) is 9.59 Å². The molecule has 0 aromatic heterocycles. The molecule has 20 heavy (non-hydrogen) atoms. The van der Waals surface area contributed by atoms with Gasteiger partial charge in [0.25, 0.3) is 5.91 Å². The van der Waals surface area contributed by atoms with Gasteiger partial charge in [-0.25, -0.2) is 4.39 Å². The highest BCUT2D eigenvalue weighted by Crippen LogP contribution is 2.26. The summed E-state index contributed by atoms with van der Waals surface area (Å²) in [6, 6.07) is 3.79. The number of rotatable bonds is 4. The average molecular weight is 281 g/mol. The van der Waals surface area contributed by atoms with Crippen molar-refractivity contribution >= 4 is 11.9 Å². The first-order valence-electron chi connectivity index (χ1n) is 6.38. The third kappa shape index (κ3) is 3.07. The molecular weight excluding hydrogens is 265 g/mol. The zero-order valence-corrected chi connectivity index (χ0v) is 11.1. The summed E-state index contributed by atoms with van der Waals surface area (Å²) in [6.07, 6.45) is 1.52. The number of carbonyl (C=O) groups excluding carboxylic acids is 1. The van der Waals surface area contributed by atoms with Crippen LogP contribution in [0.4, 0.5) is 4.39 Å². The van der Waals surface area contributed by atoms with Crippen LogP contribution in [0.5, 0.6) is 5.75 Å². The van der Waals surface area contributed by atoms with Crippen LogP contribution in [0.1, 0.15) is 29.6 Å². The molecule has 0 bridgehead atoms. The molecule has 1 amide bonds. The highest BCUT2D eigenvalue weighted by molar-refractivity contribution is 5.94. The van der Waals surface area contributed by atoms with Crippen molar-refractivity contribution in [2.45, 2.75) is 25.3 Å². The zero-order valence-electron chi connectivity index (χ0n) is 11.1. The topological polar surface area (TPSA) is 75.6 Å². The predicted octanol–water partition coefficient (Wildman–Crippen LogP) is 1.82. The molecule has 6 heteroatoms. The number of hydrogen-bond donors (Lipinski definition) is 2. The van der Waals surface area contributed by atoms with Gasteiger partial charge in [0.05, 0.1) is 18.6 Å². The Morgan fingerprint density at radius 3 is 2.70 bits per heavy atom. The van der Waals surface area contributed by atoms with Gasteiger partial charge in [0.1, 0.15) is 11.6 Å². The van der Waals surface area contributed by atoms with Crippen LogP contribution in [0, 0.1) is 11.7 Å². The van der Waals surface area contributed by atoms with Gasteiger partial charge < -0.3 is 15.2 Å². The predicted molar refractivity (Wildman–Crippen MR) is 69.2 cm³/mol. The van der Waals surface area contributed by atoms with Crippen molar-refractivity contribution in [1.29, 1.82) is 0 Å². The van der Waals surface area contributed by atoms with Gasteiger partial charge in [-0.15, -0.1) is 0 Å². The van der Waals surface area contributed by atoms with Crippen LogP contribution in [0.2, 0.25) is 0 Å². The quantitative estimate of drug-likeness (QED) is 0.882. The molecule has 0 saturated heterocycles. The van der Waals surface area contributed by atoms with Gasteiger partial charge in [-0.2, -0.15) is 0 Å².